The molecule has 2 heteroatoms. The smallest absolute Gasteiger partial charge is 0.165 e. The maximum atomic E-state index is 13.1. The number of ether oxygens (including phenoxy) is 1. The molecule has 0 aliphatic heterocycles. The molecule has 84 valence electrons. The molecule has 0 amide bonds. The van der Waals surface area contributed by atoms with Crippen LogP contribution in [-0.4, -0.2) is 6.61 Å². The molecule has 0 bridgehead atoms. The van der Waals surface area contributed by atoms with E-state index in [2.05, 4.69) is 20.8 Å². The van der Waals surface area contributed by atoms with Crippen LogP contribution in [-0.2, 0) is 0 Å². The molecule has 0 aliphatic rings. The Balaban J connectivity index is 2.30. The van der Waals surface area contributed by atoms with Gasteiger partial charge in [-0.05, 0) is 30.4 Å². The Morgan fingerprint density at radius 2 is 1.87 bits per heavy atom. The highest BCUT2D eigenvalue weighted by Crippen LogP contribution is 2.21. The molecule has 0 spiro atoms. The highest BCUT2D eigenvalue weighted by atomic mass is 19.1. The van der Waals surface area contributed by atoms with Gasteiger partial charge in [-0.1, -0.05) is 32.9 Å². The number of rotatable bonds is 4. The molecule has 0 N–H and O–H groups in total. The average molecular weight is 210 g/mol. The Morgan fingerprint density at radius 3 is 2.47 bits per heavy atom. The fourth-order valence-electron chi connectivity index (χ4n) is 1.35. The lowest BCUT2D eigenvalue weighted by atomic mass is 9.91. The molecule has 0 atom stereocenters. The maximum absolute atomic E-state index is 13.1. The molecule has 1 aromatic rings. The van der Waals surface area contributed by atoms with E-state index in [1.807, 2.05) is 0 Å². The molecule has 1 rings (SSSR count). The van der Waals surface area contributed by atoms with Gasteiger partial charge >= 0.3 is 0 Å². The highest BCUT2D eigenvalue weighted by Gasteiger charge is 2.09. The van der Waals surface area contributed by atoms with Crippen molar-refractivity contribution < 1.29 is 9.13 Å². The van der Waals surface area contributed by atoms with Crippen molar-refractivity contribution in [2.24, 2.45) is 5.41 Å². The molecule has 0 radical (unpaired) electrons. The van der Waals surface area contributed by atoms with Crippen LogP contribution in [0.5, 0.6) is 5.75 Å². The third-order valence-electron chi connectivity index (χ3n) is 2.17. The van der Waals surface area contributed by atoms with E-state index >= 15 is 0 Å². The SMILES string of the molecule is CC(C)(C)CCCOc1ccccc1F. The molecule has 15 heavy (non-hydrogen) atoms. The van der Waals surface area contributed by atoms with Gasteiger partial charge < -0.3 is 4.74 Å². The van der Waals surface area contributed by atoms with E-state index in [1.54, 1.807) is 18.2 Å². The molecule has 0 fully saturated rings. The normalized spacial score (nSPS) is 11.5. The Bertz CT molecular complexity index is 302. The fraction of sp³-hybridized carbons (Fsp3) is 0.538. The standard InChI is InChI=1S/C13H19FO/c1-13(2,3)9-6-10-15-12-8-5-4-7-11(12)14/h4-5,7-8H,6,9-10H2,1-3H3. The van der Waals surface area contributed by atoms with Crippen LogP contribution in [0.25, 0.3) is 0 Å². The molecule has 0 saturated carbocycles. The monoisotopic (exact) mass is 210 g/mol. The van der Waals surface area contributed by atoms with Crippen LogP contribution in [0, 0.1) is 11.2 Å². The lowest BCUT2D eigenvalue weighted by Crippen LogP contribution is -2.08. The van der Waals surface area contributed by atoms with Gasteiger partial charge in [-0.25, -0.2) is 4.39 Å². The lowest BCUT2D eigenvalue weighted by molar-refractivity contribution is 0.260. The molecule has 0 aliphatic carbocycles. The lowest BCUT2D eigenvalue weighted by Gasteiger charge is -2.17. The third-order valence-corrected chi connectivity index (χ3v) is 2.17. The Labute approximate surface area is 91.3 Å². The molecular weight excluding hydrogens is 191 g/mol. The van der Waals surface area contributed by atoms with E-state index in [4.69, 9.17) is 4.74 Å². The molecule has 1 nitrogen and oxygen atoms in total. The Hall–Kier alpha value is -1.05. The van der Waals surface area contributed by atoms with E-state index in [1.165, 1.54) is 6.07 Å². The van der Waals surface area contributed by atoms with Crippen molar-refractivity contribution in [1.82, 2.24) is 0 Å². The van der Waals surface area contributed by atoms with Gasteiger partial charge in [-0.15, -0.1) is 0 Å². The minimum atomic E-state index is -0.284. The second-order valence-corrected chi connectivity index (χ2v) is 4.94. The summed E-state index contributed by atoms with van der Waals surface area (Å²) < 4.78 is 18.5. The fourth-order valence-corrected chi connectivity index (χ4v) is 1.35. The molecule has 0 saturated heterocycles. The zero-order valence-corrected chi connectivity index (χ0v) is 9.72. The van der Waals surface area contributed by atoms with Crippen molar-refractivity contribution in [2.45, 2.75) is 33.6 Å². The Kier molecular flexibility index (Phi) is 4.13. The van der Waals surface area contributed by atoms with Gasteiger partial charge in [0, 0.05) is 0 Å². The first-order chi connectivity index (χ1) is 6.99. The number of halogens is 1. The minimum Gasteiger partial charge on any atom is -0.491 e. The zero-order chi connectivity index (χ0) is 11.3. The Morgan fingerprint density at radius 1 is 1.20 bits per heavy atom. The van der Waals surface area contributed by atoms with E-state index in [-0.39, 0.29) is 5.82 Å². The minimum absolute atomic E-state index is 0.284. The van der Waals surface area contributed by atoms with Crippen molar-refractivity contribution in [3.8, 4) is 5.75 Å². The van der Waals surface area contributed by atoms with Crippen LogP contribution in [0.15, 0.2) is 24.3 Å². The van der Waals surface area contributed by atoms with Crippen LogP contribution in [0.1, 0.15) is 33.6 Å². The van der Waals surface area contributed by atoms with Gasteiger partial charge in [-0.2, -0.15) is 0 Å². The summed E-state index contributed by atoms with van der Waals surface area (Å²) in [5.74, 6) is 0.0691. The van der Waals surface area contributed by atoms with Gasteiger partial charge in [0.1, 0.15) is 0 Å². The molecule has 0 aromatic heterocycles. The number of hydrogen-bond acceptors (Lipinski definition) is 1. The summed E-state index contributed by atoms with van der Waals surface area (Å²) in [4.78, 5) is 0. The van der Waals surface area contributed by atoms with Crippen LogP contribution < -0.4 is 4.74 Å². The second-order valence-electron chi connectivity index (χ2n) is 4.94. The molecule has 1 aromatic carbocycles. The summed E-state index contributed by atoms with van der Waals surface area (Å²) in [6.07, 6.45) is 2.04. The number of hydrogen-bond donors (Lipinski definition) is 0. The van der Waals surface area contributed by atoms with Crippen molar-refractivity contribution in [2.75, 3.05) is 6.61 Å². The molecule has 0 heterocycles. The summed E-state index contributed by atoms with van der Waals surface area (Å²) >= 11 is 0. The molecular formula is C13H19FO. The van der Waals surface area contributed by atoms with Gasteiger partial charge in [0.25, 0.3) is 0 Å². The van der Waals surface area contributed by atoms with Gasteiger partial charge in [-0.3, -0.25) is 0 Å². The van der Waals surface area contributed by atoms with Crippen molar-refractivity contribution >= 4 is 0 Å². The van der Waals surface area contributed by atoms with E-state index in [9.17, 15) is 4.39 Å². The zero-order valence-electron chi connectivity index (χ0n) is 9.72. The first-order valence-corrected chi connectivity index (χ1v) is 5.36. The van der Waals surface area contributed by atoms with E-state index in [0.29, 0.717) is 17.8 Å². The first-order valence-electron chi connectivity index (χ1n) is 5.36. The average Bonchev–Trinajstić information content (AvgIpc) is 2.13. The maximum Gasteiger partial charge on any atom is 0.165 e. The quantitative estimate of drug-likeness (QED) is 0.682. The van der Waals surface area contributed by atoms with Crippen LogP contribution in [0.2, 0.25) is 0 Å². The van der Waals surface area contributed by atoms with Crippen LogP contribution >= 0.6 is 0 Å². The number of benzene rings is 1. The molecule has 0 unspecified atom stereocenters. The van der Waals surface area contributed by atoms with Crippen molar-refractivity contribution in [3.05, 3.63) is 30.1 Å². The predicted molar refractivity (Wildman–Crippen MR) is 60.6 cm³/mol. The first kappa shape index (κ1) is 12.0. The van der Waals surface area contributed by atoms with E-state index in [0.717, 1.165) is 12.8 Å². The summed E-state index contributed by atoms with van der Waals surface area (Å²) in [5, 5.41) is 0. The summed E-state index contributed by atoms with van der Waals surface area (Å²) in [5.41, 5.74) is 0.318. The predicted octanol–water partition coefficient (Wildman–Crippen LogP) is 4.03. The number of para-hydroxylation sites is 1. The van der Waals surface area contributed by atoms with E-state index < -0.39 is 0 Å². The van der Waals surface area contributed by atoms with Gasteiger partial charge in [0.2, 0.25) is 0 Å². The summed E-state index contributed by atoms with van der Waals surface area (Å²) in [6.45, 7) is 7.15. The van der Waals surface area contributed by atoms with Gasteiger partial charge in [0.15, 0.2) is 11.6 Å². The third kappa shape index (κ3) is 4.82. The highest BCUT2D eigenvalue weighted by molar-refractivity contribution is 5.23. The summed E-state index contributed by atoms with van der Waals surface area (Å²) in [7, 11) is 0. The topological polar surface area (TPSA) is 9.23 Å². The largest absolute Gasteiger partial charge is 0.491 e. The van der Waals surface area contributed by atoms with Crippen molar-refractivity contribution in [1.29, 1.82) is 0 Å². The van der Waals surface area contributed by atoms with Crippen LogP contribution in [0.4, 0.5) is 4.39 Å². The van der Waals surface area contributed by atoms with Crippen LogP contribution in [0.3, 0.4) is 0 Å². The second kappa shape index (κ2) is 5.15. The van der Waals surface area contributed by atoms with Crippen molar-refractivity contribution in [3.63, 3.8) is 0 Å². The summed E-state index contributed by atoms with van der Waals surface area (Å²) in [6, 6.07) is 6.52. The van der Waals surface area contributed by atoms with Gasteiger partial charge in [0.05, 0.1) is 6.61 Å².